The van der Waals surface area contributed by atoms with Gasteiger partial charge in [-0.3, -0.25) is 0 Å². The lowest BCUT2D eigenvalue weighted by Crippen LogP contribution is -2.26. The molecule has 3 heteroatoms. The van der Waals surface area contributed by atoms with Crippen LogP contribution in [0.2, 0.25) is 0 Å². The van der Waals surface area contributed by atoms with Crippen molar-refractivity contribution < 1.29 is 0 Å². The molecule has 19 heavy (non-hydrogen) atoms. The fourth-order valence-corrected chi connectivity index (χ4v) is 2.87. The third kappa shape index (κ3) is 2.47. The molecular formula is C16H17BrN2. The Balaban J connectivity index is 1.92. The predicted octanol–water partition coefficient (Wildman–Crippen LogP) is 4.64. The summed E-state index contributed by atoms with van der Waals surface area (Å²) < 4.78 is 1.12. The SMILES string of the molecule is Cc1cc2c(cc1C)N[C@@H](c1cccc(Br)c1)CN2. The molecule has 0 aliphatic carbocycles. The van der Waals surface area contributed by atoms with Gasteiger partial charge in [0, 0.05) is 11.0 Å². The number of hydrogen-bond acceptors (Lipinski definition) is 2. The maximum atomic E-state index is 3.63. The molecule has 98 valence electrons. The van der Waals surface area contributed by atoms with E-state index < -0.39 is 0 Å². The first-order chi connectivity index (χ1) is 9.13. The number of fused-ring (bicyclic) bond motifs is 1. The third-order valence-electron chi connectivity index (χ3n) is 3.71. The molecule has 0 fully saturated rings. The Morgan fingerprint density at radius 1 is 1.05 bits per heavy atom. The lowest BCUT2D eigenvalue weighted by molar-refractivity contribution is 0.802. The molecule has 0 aromatic heterocycles. The number of hydrogen-bond donors (Lipinski definition) is 2. The fourth-order valence-electron chi connectivity index (χ4n) is 2.46. The summed E-state index contributed by atoms with van der Waals surface area (Å²) in [4.78, 5) is 0. The van der Waals surface area contributed by atoms with Crippen LogP contribution < -0.4 is 10.6 Å². The van der Waals surface area contributed by atoms with Crippen LogP contribution in [-0.2, 0) is 0 Å². The van der Waals surface area contributed by atoms with E-state index in [-0.39, 0.29) is 0 Å². The highest BCUT2D eigenvalue weighted by molar-refractivity contribution is 9.10. The Kier molecular flexibility index (Phi) is 3.23. The highest BCUT2D eigenvalue weighted by Crippen LogP contribution is 2.34. The van der Waals surface area contributed by atoms with Gasteiger partial charge in [-0.2, -0.15) is 0 Å². The molecule has 0 saturated carbocycles. The molecule has 0 saturated heterocycles. The Morgan fingerprint density at radius 2 is 1.79 bits per heavy atom. The number of benzene rings is 2. The fraction of sp³-hybridized carbons (Fsp3) is 0.250. The van der Waals surface area contributed by atoms with Gasteiger partial charge in [0.15, 0.2) is 0 Å². The third-order valence-corrected chi connectivity index (χ3v) is 4.20. The number of aryl methyl sites for hydroxylation is 2. The molecule has 2 aromatic carbocycles. The second kappa shape index (κ2) is 4.89. The molecule has 2 N–H and O–H groups in total. The molecule has 1 aliphatic rings. The zero-order chi connectivity index (χ0) is 13.4. The minimum Gasteiger partial charge on any atom is -0.381 e. The van der Waals surface area contributed by atoms with Gasteiger partial charge in [0.25, 0.3) is 0 Å². The van der Waals surface area contributed by atoms with Gasteiger partial charge in [0.2, 0.25) is 0 Å². The zero-order valence-electron chi connectivity index (χ0n) is 11.1. The lowest BCUT2D eigenvalue weighted by atomic mass is 10.0. The summed E-state index contributed by atoms with van der Waals surface area (Å²) in [6.45, 7) is 5.21. The summed E-state index contributed by atoms with van der Waals surface area (Å²) in [7, 11) is 0. The number of anilines is 2. The molecule has 0 radical (unpaired) electrons. The van der Waals surface area contributed by atoms with E-state index in [1.807, 2.05) is 0 Å². The van der Waals surface area contributed by atoms with Gasteiger partial charge in [-0.15, -0.1) is 0 Å². The van der Waals surface area contributed by atoms with Crippen LogP contribution in [0.25, 0.3) is 0 Å². The van der Waals surface area contributed by atoms with Crippen LogP contribution in [0.3, 0.4) is 0 Å². The van der Waals surface area contributed by atoms with Gasteiger partial charge in [-0.25, -0.2) is 0 Å². The van der Waals surface area contributed by atoms with E-state index in [4.69, 9.17) is 0 Å². The van der Waals surface area contributed by atoms with Gasteiger partial charge in [0.1, 0.15) is 0 Å². The Bertz CT molecular complexity index is 622. The molecule has 0 spiro atoms. The average Bonchev–Trinajstić information content (AvgIpc) is 2.39. The summed E-state index contributed by atoms with van der Waals surface area (Å²) in [5.41, 5.74) is 6.34. The van der Waals surface area contributed by atoms with Crippen molar-refractivity contribution in [3.8, 4) is 0 Å². The minimum atomic E-state index is 0.312. The van der Waals surface area contributed by atoms with Gasteiger partial charge in [-0.1, -0.05) is 28.1 Å². The van der Waals surface area contributed by atoms with Crippen LogP contribution in [0, 0.1) is 13.8 Å². The van der Waals surface area contributed by atoms with E-state index in [0.29, 0.717) is 6.04 Å². The second-order valence-electron chi connectivity index (χ2n) is 5.11. The van der Waals surface area contributed by atoms with Crippen LogP contribution in [0.1, 0.15) is 22.7 Å². The molecule has 2 nitrogen and oxygen atoms in total. The normalized spacial score (nSPS) is 17.3. The Morgan fingerprint density at radius 3 is 2.53 bits per heavy atom. The van der Waals surface area contributed by atoms with Crippen molar-refractivity contribution in [3.63, 3.8) is 0 Å². The van der Waals surface area contributed by atoms with Gasteiger partial charge < -0.3 is 10.6 Å². The smallest absolute Gasteiger partial charge is 0.0687 e. The number of nitrogens with one attached hydrogen (secondary N) is 2. The molecule has 1 heterocycles. The van der Waals surface area contributed by atoms with Crippen LogP contribution in [0.5, 0.6) is 0 Å². The summed E-state index contributed by atoms with van der Waals surface area (Å²) in [5.74, 6) is 0. The lowest BCUT2D eigenvalue weighted by Gasteiger charge is -2.29. The van der Waals surface area contributed by atoms with Crippen LogP contribution in [0.4, 0.5) is 11.4 Å². The van der Waals surface area contributed by atoms with Crippen molar-refractivity contribution in [2.45, 2.75) is 19.9 Å². The van der Waals surface area contributed by atoms with Crippen molar-refractivity contribution in [2.75, 3.05) is 17.2 Å². The molecule has 3 rings (SSSR count). The highest BCUT2D eigenvalue weighted by atomic mass is 79.9. The molecule has 0 amide bonds. The van der Waals surface area contributed by atoms with Crippen molar-refractivity contribution >= 4 is 27.3 Å². The summed E-state index contributed by atoms with van der Waals surface area (Å²) >= 11 is 3.53. The molecule has 1 atom stereocenters. The van der Waals surface area contributed by atoms with E-state index in [2.05, 4.69) is 76.8 Å². The first-order valence-electron chi connectivity index (χ1n) is 6.50. The average molecular weight is 317 g/mol. The highest BCUT2D eigenvalue weighted by Gasteiger charge is 2.19. The molecule has 0 unspecified atom stereocenters. The van der Waals surface area contributed by atoms with Crippen molar-refractivity contribution in [2.24, 2.45) is 0 Å². The Hall–Kier alpha value is -1.48. The largest absolute Gasteiger partial charge is 0.381 e. The molecule has 1 aliphatic heterocycles. The first kappa shape index (κ1) is 12.5. The summed E-state index contributed by atoms with van der Waals surface area (Å²) in [6, 6.07) is 13.2. The quantitative estimate of drug-likeness (QED) is 0.800. The van der Waals surface area contributed by atoms with E-state index in [9.17, 15) is 0 Å². The Labute approximate surface area is 122 Å². The summed E-state index contributed by atoms with van der Waals surface area (Å²) in [5, 5.41) is 7.15. The topological polar surface area (TPSA) is 24.1 Å². The van der Waals surface area contributed by atoms with E-state index in [1.165, 1.54) is 28.1 Å². The van der Waals surface area contributed by atoms with Crippen LogP contribution in [-0.4, -0.2) is 6.54 Å². The minimum absolute atomic E-state index is 0.312. The van der Waals surface area contributed by atoms with Crippen molar-refractivity contribution in [1.29, 1.82) is 0 Å². The van der Waals surface area contributed by atoms with Crippen molar-refractivity contribution in [1.82, 2.24) is 0 Å². The second-order valence-corrected chi connectivity index (χ2v) is 6.03. The van der Waals surface area contributed by atoms with E-state index in [1.54, 1.807) is 0 Å². The molecular weight excluding hydrogens is 300 g/mol. The monoisotopic (exact) mass is 316 g/mol. The van der Waals surface area contributed by atoms with Crippen molar-refractivity contribution in [3.05, 3.63) is 57.6 Å². The van der Waals surface area contributed by atoms with Gasteiger partial charge in [0.05, 0.1) is 17.4 Å². The maximum absolute atomic E-state index is 3.63. The van der Waals surface area contributed by atoms with Gasteiger partial charge >= 0.3 is 0 Å². The molecule has 0 bridgehead atoms. The number of rotatable bonds is 1. The van der Waals surface area contributed by atoms with Gasteiger partial charge in [-0.05, 0) is 54.8 Å². The zero-order valence-corrected chi connectivity index (χ0v) is 12.7. The van der Waals surface area contributed by atoms with E-state index >= 15 is 0 Å². The summed E-state index contributed by atoms with van der Waals surface area (Å²) in [6.07, 6.45) is 0. The first-order valence-corrected chi connectivity index (χ1v) is 7.30. The standard InChI is InChI=1S/C16H17BrN2/c1-10-6-14-15(7-11(10)2)19-16(9-18-14)12-4-3-5-13(17)8-12/h3-8,16,18-19H,9H2,1-2H3/t16-/m1/s1. The maximum Gasteiger partial charge on any atom is 0.0687 e. The van der Waals surface area contributed by atoms with Crippen LogP contribution >= 0.6 is 15.9 Å². The van der Waals surface area contributed by atoms with E-state index in [0.717, 1.165) is 11.0 Å². The predicted molar refractivity (Wildman–Crippen MR) is 84.9 cm³/mol. The number of halogens is 1. The van der Waals surface area contributed by atoms with Crippen LogP contribution in [0.15, 0.2) is 40.9 Å². The molecule has 2 aromatic rings.